The van der Waals surface area contributed by atoms with E-state index in [2.05, 4.69) is 10.6 Å². The maximum atomic E-state index is 13.3. The Bertz CT molecular complexity index is 753. The number of nitrogens with zero attached hydrogens (tertiary/aromatic N) is 1. The summed E-state index contributed by atoms with van der Waals surface area (Å²) in [7, 11) is 0. The molecule has 4 atom stereocenters. The number of hydrogen-bond donors (Lipinski definition) is 4. The molecule has 0 heterocycles. The van der Waals surface area contributed by atoms with E-state index >= 15 is 0 Å². The molecule has 1 rings (SSSR count). The van der Waals surface area contributed by atoms with E-state index in [1.807, 2.05) is 41.5 Å². The first kappa shape index (κ1) is 30.7. The minimum atomic E-state index is -0.909. The van der Waals surface area contributed by atoms with E-state index in [1.165, 1.54) is 12.1 Å². The number of carbonyl (C=O) groups excluding carboxylic acids is 3. The number of rotatable bonds is 12. The van der Waals surface area contributed by atoms with Crippen molar-refractivity contribution in [2.24, 2.45) is 17.6 Å². The molecule has 0 fully saturated rings. The number of phenols is 1. The standard InChI is InChI=1S/C24H40N4O4.ClH/c1-7-16(6)21(24(32)28(8-2)9-3)27-22(30)19(26-23(31)20(25)15(4)5)14-17-10-12-18(29)13-11-17;/h10-13,15-16,19-21,29H,7-9,14,25H2,1-6H3,(H,26,31)(H,27,30);1H/t16?,19-,20-,21-;/m0./s1. The first-order valence-corrected chi connectivity index (χ1v) is 11.5. The number of aromatic hydroxyl groups is 1. The van der Waals surface area contributed by atoms with Gasteiger partial charge in [-0.15, -0.1) is 12.4 Å². The molecule has 0 aliphatic carbocycles. The van der Waals surface area contributed by atoms with Crippen LogP contribution in [0.15, 0.2) is 24.3 Å². The van der Waals surface area contributed by atoms with Crippen LogP contribution in [0.4, 0.5) is 0 Å². The van der Waals surface area contributed by atoms with Gasteiger partial charge in [0.2, 0.25) is 17.7 Å². The van der Waals surface area contributed by atoms with Gasteiger partial charge in [-0.1, -0.05) is 46.2 Å². The van der Waals surface area contributed by atoms with E-state index in [-0.39, 0.29) is 42.3 Å². The maximum Gasteiger partial charge on any atom is 0.245 e. The van der Waals surface area contributed by atoms with E-state index < -0.39 is 29.9 Å². The topological polar surface area (TPSA) is 125 Å². The van der Waals surface area contributed by atoms with Crippen LogP contribution in [0.3, 0.4) is 0 Å². The monoisotopic (exact) mass is 484 g/mol. The lowest BCUT2D eigenvalue weighted by Gasteiger charge is -2.31. The predicted octanol–water partition coefficient (Wildman–Crippen LogP) is 2.22. The van der Waals surface area contributed by atoms with Crippen molar-refractivity contribution in [3.8, 4) is 5.75 Å². The van der Waals surface area contributed by atoms with Gasteiger partial charge >= 0.3 is 0 Å². The number of carbonyl (C=O) groups is 3. The zero-order chi connectivity index (χ0) is 24.4. The van der Waals surface area contributed by atoms with Crippen LogP contribution < -0.4 is 16.4 Å². The molecule has 3 amide bonds. The highest BCUT2D eigenvalue weighted by atomic mass is 35.5. The van der Waals surface area contributed by atoms with Gasteiger partial charge in [0, 0.05) is 19.5 Å². The second kappa shape index (κ2) is 14.8. The van der Waals surface area contributed by atoms with Gasteiger partial charge in [-0.25, -0.2) is 0 Å². The third-order valence-electron chi connectivity index (χ3n) is 5.88. The minimum absolute atomic E-state index is 0. The molecule has 0 spiro atoms. The van der Waals surface area contributed by atoms with Crippen molar-refractivity contribution in [2.45, 2.75) is 72.5 Å². The average Bonchev–Trinajstić information content (AvgIpc) is 2.77. The van der Waals surface area contributed by atoms with Gasteiger partial charge in [-0.3, -0.25) is 14.4 Å². The molecule has 8 nitrogen and oxygen atoms in total. The average molecular weight is 485 g/mol. The number of halogens is 1. The molecule has 1 unspecified atom stereocenters. The molecule has 33 heavy (non-hydrogen) atoms. The zero-order valence-electron chi connectivity index (χ0n) is 20.6. The van der Waals surface area contributed by atoms with Crippen LogP contribution in [0.1, 0.15) is 53.5 Å². The summed E-state index contributed by atoms with van der Waals surface area (Å²) >= 11 is 0. The normalized spacial score (nSPS) is 14.4. The summed E-state index contributed by atoms with van der Waals surface area (Å²) in [6.45, 7) is 12.5. The van der Waals surface area contributed by atoms with Crippen LogP contribution >= 0.6 is 12.4 Å². The molecule has 0 aliphatic heterocycles. The van der Waals surface area contributed by atoms with Gasteiger partial charge in [0.05, 0.1) is 6.04 Å². The number of benzene rings is 1. The van der Waals surface area contributed by atoms with Gasteiger partial charge < -0.3 is 26.4 Å². The lowest BCUT2D eigenvalue weighted by Crippen LogP contribution is -2.58. The Morgan fingerprint density at radius 1 is 0.970 bits per heavy atom. The van der Waals surface area contributed by atoms with Crippen molar-refractivity contribution in [3.63, 3.8) is 0 Å². The van der Waals surface area contributed by atoms with Crippen LogP contribution in [-0.2, 0) is 20.8 Å². The Morgan fingerprint density at radius 3 is 1.97 bits per heavy atom. The fraction of sp³-hybridized carbons (Fsp3) is 0.625. The van der Waals surface area contributed by atoms with E-state index in [1.54, 1.807) is 17.0 Å². The Morgan fingerprint density at radius 2 is 1.52 bits per heavy atom. The van der Waals surface area contributed by atoms with Crippen molar-refractivity contribution in [2.75, 3.05) is 13.1 Å². The van der Waals surface area contributed by atoms with Gasteiger partial charge in [0.15, 0.2) is 0 Å². The van der Waals surface area contributed by atoms with Gasteiger partial charge in [-0.2, -0.15) is 0 Å². The fourth-order valence-corrected chi connectivity index (χ4v) is 3.32. The molecule has 0 bridgehead atoms. The first-order valence-electron chi connectivity index (χ1n) is 11.5. The highest BCUT2D eigenvalue weighted by Gasteiger charge is 2.32. The smallest absolute Gasteiger partial charge is 0.245 e. The highest BCUT2D eigenvalue weighted by Crippen LogP contribution is 2.14. The Labute approximate surface area is 204 Å². The first-order chi connectivity index (χ1) is 15.0. The Kier molecular flexibility index (Phi) is 13.7. The summed E-state index contributed by atoms with van der Waals surface area (Å²) in [6, 6.07) is 4.08. The summed E-state index contributed by atoms with van der Waals surface area (Å²) in [5.41, 5.74) is 6.74. The van der Waals surface area contributed by atoms with E-state index in [0.717, 1.165) is 5.56 Å². The molecule has 1 aromatic carbocycles. The molecule has 1 aromatic rings. The maximum absolute atomic E-state index is 13.3. The molecular weight excluding hydrogens is 444 g/mol. The SMILES string of the molecule is CCC(C)[C@H](NC(=O)[C@H](Cc1ccc(O)cc1)NC(=O)[C@@H](N)C(C)C)C(=O)N(CC)CC.Cl. The van der Waals surface area contributed by atoms with E-state index in [0.29, 0.717) is 19.5 Å². The second-order valence-corrected chi connectivity index (χ2v) is 8.58. The molecule has 0 saturated carbocycles. The number of likely N-dealkylation sites (N-methyl/N-ethyl adjacent to an activating group) is 1. The quantitative estimate of drug-likeness (QED) is 0.362. The van der Waals surface area contributed by atoms with Crippen molar-refractivity contribution in [1.29, 1.82) is 0 Å². The summed E-state index contributed by atoms with van der Waals surface area (Å²) in [5, 5.41) is 15.2. The van der Waals surface area contributed by atoms with Gasteiger partial charge in [0.1, 0.15) is 17.8 Å². The number of nitrogens with one attached hydrogen (secondary N) is 2. The van der Waals surface area contributed by atoms with E-state index in [4.69, 9.17) is 5.73 Å². The lowest BCUT2D eigenvalue weighted by atomic mass is 9.96. The summed E-state index contributed by atoms with van der Waals surface area (Å²) in [6.07, 6.45) is 0.917. The Balaban J connectivity index is 0.0000102. The molecular formula is C24H41ClN4O4. The third-order valence-corrected chi connectivity index (χ3v) is 5.88. The zero-order valence-corrected chi connectivity index (χ0v) is 21.4. The third kappa shape index (κ3) is 9.21. The number of phenolic OH excluding ortho intramolecular Hbond substituents is 1. The van der Waals surface area contributed by atoms with Crippen molar-refractivity contribution < 1.29 is 19.5 Å². The van der Waals surface area contributed by atoms with Crippen LogP contribution in [0.25, 0.3) is 0 Å². The molecule has 5 N–H and O–H groups in total. The lowest BCUT2D eigenvalue weighted by molar-refractivity contribution is -0.138. The highest BCUT2D eigenvalue weighted by molar-refractivity contribution is 5.93. The van der Waals surface area contributed by atoms with Gasteiger partial charge in [0.25, 0.3) is 0 Å². The number of nitrogens with two attached hydrogens (primary N) is 1. The number of hydrogen-bond acceptors (Lipinski definition) is 5. The summed E-state index contributed by atoms with van der Waals surface area (Å²) in [4.78, 5) is 40.7. The minimum Gasteiger partial charge on any atom is -0.508 e. The van der Waals surface area contributed by atoms with E-state index in [9.17, 15) is 19.5 Å². The van der Waals surface area contributed by atoms with Gasteiger partial charge in [-0.05, 0) is 43.4 Å². The molecule has 0 radical (unpaired) electrons. The van der Waals surface area contributed by atoms with Crippen molar-refractivity contribution in [1.82, 2.24) is 15.5 Å². The predicted molar refractivity (Wildman–Crippen MR) is 133 cm³/mol. The molecule has 0 aliphatic rings. The van der Waals surface area contributed by atoms with Crippen molar-refractivity contribution in [3.05, 3.63) is 29.8 Å². The molecule has 9 heteroatoms. The van der Waals surface area contributed by atoms with Crippen LogP contribution in [-0.4, -0.2) is 58.9 Å². The summed E-state index contributed by atoms with van der Waals surface area (Å²) < 4.78 is 0. The largest absolute Gasteiger partial charge is 0.508 e. The summed E-state index contributed by atoms with van der Waals surface area (Å²) in [5.74, 6) is -1.05. The van der Waals surface area contributed by atoms with Crippen LogP contribution in [0.5, 0.6) is 5.75 Å². The number of amides is 3. The molecule has 0 aromatic heterocycles. The molecule has 188 valence electrons. The second-order valence-electron chi connectivity index (χ2n) is 8.58. The molecule has 0 saturated heterocycles. The fourth-order valence-electron chi connectivity index (χ4n) is 3.32. The Hall–Kier alpha value is -2.32. The van der Waals surface area contributed by atoms with Crippen LogP contribution in [0.2, 0.25) is 0 Å². The van der Waals surface area contributed by atoms with Crippen LogP contribution in [0, 0.1) is 11.8 Å². The van der Waals surface area contributed by atoms with Crippen molar-refractivity contribution >= 4 is 30.1 Å².